The lowest BCUT2D eigenvalue weighted by molar-refractivity contribution is -0.114. The summed E-state index contributed by atoms with van der Waals surface area (Å²) in [5.41, 5.74) is 0. The van der Waals surface area contributed by atoms with Crippen LogP contribution < -0.4 is 0 Å². The third kappa shape index (κ3) is 1.94. The minimum Gasteiger partial charge on any atom is -0.394 e. The fourth-order valence-corrected chi connectivity index (χ4v) is 1.09. The van der Waals surface area contributed by atoms with Crippen LogP contribution in [0.1, 0.15) is 6.92 Å². The van der Waals surface area contributed by atoms with Gasteiger partial charge in [-0.2, -0.15) is 0 Å². The van der Waals surface area contributed by atoms with E-state index in [9.17, 15) is 10.2 Å². The Morgan fingerprint density at radius 3 is 2.50 bits per heavy atom. The predicted octanol–water partition coefficient (Wildman–Crippen LogP) is -1.54. The van der Waals surface area contributed by atoms with Crippen molar-refractivity contribution < 1.29 is 24.8 Å². The Kier molecular flexibility index (Phi) is 3.42. The number of ether oxygens (including phenoxy) is 2. The molecule has 72 valence electrons. The zero-order chi connectivity index (χ0) is 9.14. The minimum absolute atomic E-state index is 0.0134. The molecule has 5 heteroatoms. The van der Waals surface area contributed by atoms with Crippen LogP contribution in [-0.2, 0) is 9.47 Å². The van der Waals surface area contributed by atoms with Gasteiger partial charge in [0.25, 0.3) is 0 Å². The lowest BCUT2D eigenvalue weighted by Gasteiger charge is -2.22. The van der Waals surface area contributed by atoms with E-state index in [0.29, 0.717) is 0 Å². The summed E-state index contributed by atoms with van der Waals surface area (Å²) in [7, 11) is 0. The van der Waals surface area contributed by atoms with Crippen LogP contribution in [0.2, 0.25) is 0 Å². The standard InChI is InChI=1S/C7H14O5/c1-4-6(9)7(10)5(2-8)12-3-11-4/h4-10H,2-3H2,1H3/t4-,5+,6+,7-/m1/s1. The summed E-state index contributed by atoms with van der Waals surface area (Å²) >= 11 is 0. The molecule has 3 N–H and O–H groups in total. The van der Waals surface area contributed by atoms with E-state index in [4.69, 9.17) is 14.6 Å². The monoisotopic (exact) mass is 178 g/mol. The van der Waals surface area contributed by atoms with Crippen LogP contribution in [0.4, 0.5) is 0 Å². The molecule has 1 saturated heterocycles. The third-order valence-electron chi connectivity index (χ3n) is 2.00. The van der Waals surface area contributed by atoms with E-state index in [0.717, 1.165) is 0 Å². The first-order chi connectivity index (χ1) is 5.66. The highest BCUT2D eigenvalue weighted by atomic mass is 16.7. The molecule has 1 aliphatic rings. The van der Waals surface area contributed by atoms with Crippen LogP contribution in [0, 0.1) is 0 Å². The normalized spacial score (nSPS) is 44.0. The molecule has 1 rings (SSSR count). The Morgan fingerprint density at radius 2 is 1.92 bits per heavy atom. The summed E-state index contributed by atoms with van der Waals surface area (Å²) < 4.78 is 9.90. The highest BCUT2D eigenvalue weighted by molar-refractivity contribution is 4.81. The van der Waals surface area contributed by atoms with Crippen LogP contribution in [0.3, 0.4) is 0 Å². The van der Waals surface area contributed by atoms with Crippen molar-refractivity contribution in [1.82, 2.24) is 0 Å². The predicted molar refractivity (Wildman–Crippen MR) is 39.4 cm³/mol. The molecule has 0 saturated carbocycles. The molecule has 1 fully saturated rings. The molecule has 0 radical (unpaired) electrons. The maximum absolute atomic E-state index is 9.37. The molecule has 4 atom stereocenters. The zero-order valence-corrected chi connectivity index (χ0v) is 6.88. The molecule has 1 aliphatic heterocycles. The fraction of sp³-hybridized carbons (Fsp3) is 1.00. The van der Waals surface area contributed by atoms with Crippen molar-refractivity contribution in [2.24, 2.45) is 0 Å². The second-order valence-corrected chi connectivity index (χ2v) is 2.86. The van der Waals surface area contributed by atoms with E-state index >= 15 is 0 Å². The zero-order valence-electron chi connectivity index (χ0n) is 6.88. The van der Waals surface area contributed by atoms with Crippen LogP contribution in [0.5, 0.6) is 0 Å². The van der Waals surface area contributed by atoms with Crippen molar-refractivity contribution in [1.29, 1.82) is 0 Å². The van der Waals surface area contributed by atoms with Gasteiger partial charge in [0.2, 0.25) is 0 Å². The van der Waals surface area contributed by atoms with Crippen LogP contribution in [0.15, 0.2) is 0 Å². The number of aliphatic hydroxyl groups is 3. The van der Waals surface area contributed by atoms with Crippen molar-refractivity contribution in [2.75, 3.05) is 13.4 Å². The van der Waals surface area contributed by atoms with Gasteiger partial charge in [0.1, 0.15) is 25.1 Å². The maximum atomic E-state index is 9.37. The molecule has 0 aliphatic carbocycles. The first-order valence-electron chi connectivity index (χ1n) is 3.87. The smallest absolute Gasteiger partial charge is 0.147 e. The third-order valence-corrected chi connectivity index (χ3v) is 2.00. The lowest BCUT2D eigenvalue weighted by atomic mass is 10.1. The topological polar surface area (TPSA) is 79.2 Å². The molecule has 5 nitrogen and oxygen atoms in total. The summed E-state index contributed by atoms with van der Waals surface area (Å²) in [6.07, 6.45) is -3.33. The Morgan fingerprint density at radius 1 is 1.25 bits per heavy atom. The molecular formula is C7H14O5. The Hall–Kier alpha value is -0.200. The lowest BCUT2D eigenvalue weighted by Crippen LogP contribution is -2.43. The Bertz CT molecular complexity index is 138. The first-order valence-corrected chi connectivity index (χ1v) is 3.87. The molecule has 0 aromatic heterocycles. The van der Waals surface area contributed by atoms with Crippen molar-refractivity contribution in [3.05, 3.63) is 0 Å². The quantitative estimate of drug-likeness (QED) is 0.453. The Balaban J connectivity index is 2.59. The van der Waals surface area contributed by atoms with Gasteiger partial charge < -0.3 is 24.8 Å². The van der Waals surface area contributed by atoms with E-state index < -0.39 is 24.4 Å². The summed E-state index contributed by atoms with van der Waals surface area (Å²) in [5, 5.41) is 27.5. The second kappa shape index (κ2) is 4.15. The fourth-order valence-electron chi connectivity index (χ4n) is 1.09. The average molecular weight is 178 g/mol. The van der Waals surface area contributed by atoms with Gasteiger partial charge >= 0.3 is 0 Å². The number of hydrogen-bond donors (Lipinski definition) is 3. The molecule has 0 bridgehead atoms. The molecule has 0 aromatic carbocycles. The summed E-state index contributed by atoms with van der Waals surface area (Å²) in [5.74, 6) is 0. The molecule has 0 unspecified atom stereocenters. The van der Waals surface area contributed by atoms with E-state index in [-0.39, 0.29) is 13.4 Å². The molecule has 1 heterocycles. The van der Waals surface area contributed by atoms with Crippen LogP contribution in [-0.4, -0.2) is 53.1 Å². The van der Waals surface area contributed by atoms with Gasteiger partial charge in [-0.1, -0.05) is 0 Å². The van der Waals surface area contributed by atoms with Gasteiger partial charge in [-0.3, -0.25) is 0 Å². The van der Waals surface area contributed by atoms with Gasteiger partial charge in [0.05, 0.1) is 12.7 Å². The van der Waals surface area contributed by atoms with Crippen LogP contribution >= 0.6 is 0 Å². The van der Waals surface area contributed by atoms with Crippen molar-refractivity contribution in [3.63, 3.8) is 0 Å². The maximum Gasteiger partial charge on any atom is 0.147 e. The van der Waals surface area contributed by atoms with Gasteiger partial charge in [0.15, 0.2) is 0 Å². The van der Waals surface area contributed by atoms with E-state index in [1.807, 2.05) is 0 Å². The highest BCUT2D eigenvalue weighted by Crippen LogP contribution is 2.14. The molecule has 0 amide bonds. The molecule has 0 aromatic rings. The summed E-state index contributed by atoms with van der Waals surface area (Å²) in [6.45, 7) is 1.30. The molecular weight excluding hydrogens is 164 g/mol. The SMILES string of the molecule is C[C@H]1OCO[C@@H](CO)[C@@H](O)[C@H]1O. The highest BCUT2D eigenvalue weighted by Gasteiger charge is 2.33. The van der Waals surface area contributed by atoms with Crippen LogP contribution in [0.25, 0.3) is 0 Å². The Labute approximate surface area is 70.5 Å². The number of aliphatic hydroxyl groups excluding tert-OH is 3. The first kappa shape index (κ1) is 9.88. The van der Waals surface area contributed by atoms with E-state index in [1.54, 1.807) is 6.92 Å². The van der Waals surface area contributed by atoms with Gasteiger partial charge in [0, 0.05) is 0 Å². The summed E-state index contributed by atoms with van der Waals surface area (Å²) in [6, 6.07) is 0. The second-order valence-electron chi connectivity index (χ2n) is 2.86. The molecule has 12 heavy (non-hydrogen) atoms. The van der Waals surface area contributed by atoms with Gasteiger partial charge in [-0.15, -0.1) is 0 Å². The molecule has 0 spiro atoms. The largest absolute Gasteiger partial charge is 0.394 e. The van der Waals surface area contributed by atoms with E-state index in [1.165, 1.54) is 0 Å². The summed E-state index contributed by atoms with van der Waals surface area (Å²) in [4.78, 5) is 0. The number of rotatable bonds is 1. The van der Waals surface area contributed by atoms with Crippen molar-refractivity contribution in [2.45, 2.75) is 31.3 Å². The van der Waals surface area contributed by atoms with Gasteiger partial charge in [-0.25, -0.2) is 0 Å². The van der Waals surface area contributed by atoms with E-state index in [2.05, 4.69) is 0 Å². The van der Waals surface area contributed by atoms with Crippen molar-refractivity contribution in [3.8, 4) is 0 Å². The van der Waals surface area contributed by atoms with Crippen molar-refractivity contribution >= 4 is 0 Å². The number of hydrogen-bond acceptors (Lipinski definition) is 5. The minimum atomic E-state index is -1.09. The average Bonchev–Trinajstić information content (AvgIpc) is 2.19. The van der Waals surface area contributed by atoms with Gasteiger partial charge in [-0.05, 0) is 6.92 Å².